The number of carbonyl (C=O) groups excluding carboxylic acids is 1. The third-order valence-corrected chi connectivity index (χ3v) is 3.32. The van der Waals surface area contributed by atoms with E-state index < -0.39 is 5.54 Å². The molecule has 0 N–H and O–H groups in total. The van der Waals surface area contributed by atoms with Crippen LogP contribution < -0.4 is 0 Å². The van der Waals surface area contributed by atoms with Crippen molar-refractivity contribution in [2.24, 2.45) is 0 Å². The quantitative estimate of drug-likeness (QED) is 0.424. The number of rotatable bonds is 4. The van der Waals surface area contributed by atoms with Gasteiger partial charge in [-0.3, -0.25) is 9.69 Å². The van der Waals surface area contributed by atoms with Crippen molar-refractivity contribution in [3.63, 3.8) is 0 Å². The van der Waals surface area contributed by atoms with Crippen LogP contribution in [-0.2, 0) is 9.53 Å². The van der Waals surface area contributed by atoms with Gasteiger partial charge in [-0.1, -0.05) is 17.6 Å². The molecule has 94 valence electrons. The monoisotopic (exact) mass is 235 g/mol. The summed E-state index contributed by atoms with van der Waals surface area (Å²) < 4.78 is 4.97. The number of nitrogens with zero attached hydrogens (tertiary/aromatic N) is 1. The summed E-state index contributed by atoms with van der Waals surface area (Å²) >= 11 is 0. The zero-order valence-electron chi connectivity index (χ0n) is 11.0. The lowest BCUT2D eigenvalue weighted by molar-refractivity contribution is -0.153. The van der Waals surface area contributed by atoms with Crippen LogP contribution >= 0.6 is 0 Å². The van der Waals surface area contributed by atoms with Crippen molar-refractivity contribution in [1.82, 2.24) is 4.90 Å². The zero-order chi connectivity index (χ0) is 12.9. The van der Waals surface area contributed by atoms with Crippen LogP contribution in [0.1, 0.15) is 33.1 Å². The van der Waals surface area contributed by atoms with Crippen molar-refractivity contribution >= 4 is 5.97 Å². The van der Waals surface area contributed by atoms with E-state index in [-0.39, 0.29) is 5.97 Å². The first kappa shape index (κ1) is 13.8. The Labute approximate surface area is 104 Å². The molecule has 0 bridgehead atoms. The highest BCUT2D eigenvalue weighted by Crippen LogP contribution is 2.34. The molecule has 0 aromatic carbocycles. The van der Waals surface area contributed by atoms with Crippen molar-refractivity contribution in [3.05, 3.63) is 11.6 Å². The molecule has 3 nitrogen and oxygen atoms in total. The molecule has 0 spiro atoms. The highest BCUT2D eigenvalue weighted by atomic mass is 16.5. The fraction of sp³-hybridized carbons (Fsp3) is 0.643. The first-order chi connectivity index (χ1) is 8.06. The van der Waals surface area contributed by atoms with E-state index in [0.29, 0.717) is 13.0 Å². The van der Waals surface area contributed by atoms with Gasteiger partial charge in [0.15, 0.2) is 0 Å². The number of methoxy groups -OCH3 is 1. The van der Waals surface area contributed by atoms with Gasteiger partial charge in [-0.25, -0.2) is 0 Å². The van der Waals surface area contributed by atoms with Crippen LogP contribution in [0.4, 0.5) is 0 Å². The molecule has 1 saturated heterocycles. The lowest BCUT2D eigenvalue weighted by Gasteiger charge is -2.34. The van der Waals surface area contributed by atoms with Gasteiger partial charge in [0, 0.05) is 6.54 Å². The summed E-state index contributed by atoms with van der Waals surface area (Å²) in [5, 5.41) is 0. The average molecular weight is 235 g/mol. The molecule has 0 aromatic heterocycles. The van der Waals surface area contributed by atoms with Crippen LogP contribution in [0, 0.1) is 12.3 Å². The number of esters is 1. The van der Waals surface area contributed by atoms with E-state index >= 15 is 0 Å². The van der Waals surface area contributed by atoms with E-state index in [0.717, 1.165) is 19.4 Å². The molecule has 1 heterocycles. The molecular formula is C14H21NO2. The molecule has 1 rings (SSSR count). The van der Waals surface area contributed by atoms with Crippen LogP contribution in [-0.4, -0.2) is 36.6 Å². The molecule has 3 heteroatoms. The fourth-order valence-corrected chi connectivity index (χ4v) is 2.38. The summed E-state index contributed by atoms with van der Waals surface area (Å²) in [6.07, 6.45) is 9.96. The second kappa shape index (κ2) is 5.88. The minimum Gasteiger partial charge on any atom is -0.468 e. The van der Waals surface area contributed by atoms with Crippen LogP contribution in [0.5, 0.6) is 0 Å². The normalized spacial score (nSPS) is 24.1. The highest BCUT2D eigenvalue weighted by Gasteiger charge is 2.47. The fourth-order valence-electron chi connectivity index (χ4n) is 2.38. The van der Waals surface area contributed by atoms with Gasteiger partial charge in [-0.05, 0) is 33.1 Å². The van der Waals surface area contributed by atoms with Crippen molar-refractivity contribution in [2.75, 3.05) is 20.2 Å². The van der Waals surface area contributed by atoms with E-state index in [9.17, 15) is 4.79 Å². The Hall–Kier alpha value is -1.27. The van der Waals surface area contributed by atoms with E-state index in [4.69, 9.17) is 11.2 Å². The maximum Gasteiger partial charge on any atom is 0.326 e. The van der Waals surface area contributed by atoms with Gasteiger partial charge in [0.25, 0.3) is 0 Å². The van der Waals surface area contributed by atoms with Crippen LogP contribution in [0.3, 0.4) is 0 Å². The van der Waals surface area contributed by atoms with E-state index in [2.05, 4.69) is 16.9 Å². The molecule has 1 unspecified atom stereocenters. The molecule has 0 radical (unpaired) electrons. The second-order valence-corrected chi connectivity index (χ2v) is 4.74. The number of terminal acetylenes is 1. The van der Waals surface area contributed by atoms with Crippen LogP contribution in [0.15, 0.2) is 11.6 Å². The van der Waals surface area contributed by atoms with E-state index in [1.165, 1.54) is 12.7 Å². The summed E-state index contributed by atoms with van der Waals surface area (Å²) in [6.45, 7) is 5.44. The van der Waals surface area contributed by atoms with Gasteiger partial charge in [0.2, 0.25) is 0 Å². The van der Waals surface area contributed by atoms with Crippen LogP contribution in [0.25, 0.3) is 0 Å². The Kier molecular flexibility index (Phi) is 4.77. The highest BCUT2D eigenvalue weighted by molar-refractivity contribution is 5.81. The first-order valence-electron chi connectivity index (χ1n) is 5.97. The molecule has 1 fully saturated rings. The Morgan fingerprint density at radius 2 is 2.29 bits per heavy atom. The molecule has 0 aromatic rings. The minimum absolute atomic E-state index is 0.164. The summed E-state index contributed by atoms with van der Waals surface area (Å²) in [5.41, 5.74) is 0.666. The standard InChI is InChI=1S/C14H21NO2/c1-5-10-15-11-6-8-14(15,13(16)17-4)9-7-12(2)3/h1,7H,6,8-11H2,2-4H3. The Bertz CT molecular complexity index is 350. The molecule has 1 aliphatic rings. The van der Waals surface area contributed by atoms with E-state index in [1.807, 2.05) is 13.8 Å². The number of hydrogen-bond donors (Lipinski definition) is 0. The molecule has 0 amide bonds. The summed E-state index contributed by atoms with van der Waals surface area (Å²) in [7, 11) is 1.44. The van der Waals surface area contributed by atoms with Crippen molar-refractivity contribution < 1.29 is 9.53 Å². The first-order valence-corrected chi connectivity index (χ1v) is 5.97. The molecular weight excluding hydrogens is 214 g/mol. The summed E-state index contributed by atoms with van der Waals surface area (Å²) in [6, 6.07) is 0. The molecule has 1 atom stereocenters. The predicted octanol–water partition coefficient (Wildman–Crippen LogP) is 1.98. The van der Waals surface area contributed by atoms with Gasteiger partial charge >= 0.3 is 5.97 Å². The lowest BCUT2D eigenvalue weighted by atomic mass is 9.91. The van der Waals surface area contributed by atoms with Gasteiger partial charge in [0.05, 0.1) is 13.7 Å². The smallest absolute Gasteiger partial charge is 0.326 e. The maximum atomic E-state index is 12.1. The molecule has 17 heavy (non-hydrogen) atoms. The Balaban J connectivity index is 2.96. The molecule has 0 aliphatic carbocycles. The number of carbonyl (C=O) groups is 1. The lowest BCUT2D eigenvalue weighted by Crippen LogP contribution is -2.51. The minimum atomic E-state index is -0.543. The SMILES string of the molecule is C#CCN1CCCC1(CC=C(C)C)C(=O)OC. The van der Waals surface area contributed by atoms with E-state index in [1.54, 1.807) is 0 Å². The second-order valence-electron chi connectivity index (χ2n) is 4.74. The number of hydrogen-bond acceptors (Lipinski definition) is 3. The Morgan fingerprint density at radius 3 is 2.82 bits per heavy atom. The van der Waals surface area contributed by atoms with Crippen molar-refractivity contribution in [2.45, 2.75) is 38.6 Å². The average Bonchev–Trinajstić information content (AvgIpc) is 2.70. The predicted molar refractivity (Wildman–Crippen MR) is 68.4 cm³/mol. The van der Waals surface area contributed by atoms with Crippen LogP contribution in [0.2, 0.25) is 0 Å². The van der Waals surface area contributed by atoms with Gasteiger partial charge in [0.1, 0.15) is 5.54 Å². The molecule has 1 aliphatic heterocycles. The summed E-state index contributed by atoms with van der Waals surface area (Å²) in [4.78, 5) is 14.1. The van der Waals surface area contributed by atoms with Gasteiger partial charge in [-0.15, -0.1) is 6.42 Å². The zero-order valence-corrected chi connectivity index (χ0v) is 11.0. The number of allylic oxidation sites excluding steroid dienone is 1. The van der Waals surface area contributed by atoms with Crippen molar-refractivity contribution in [1.29, 1.82) is 0 Å². The maximum absolute atomic E-state index is 12.1. The number of ether oxygens (including phenoxy) is 1. The largest absolute Gasteiger partial charge is 0.468 e. The van der Waals surface area contributed by atoms with Crippen molar-refractivity contribution in [3.8, 4) is 12.3 Å². The third-order valence-electron chi connectivity index (χ3n) is 3.32. The molecule has 0 saturated carbocycles. The van der Waals surface area contributed by atoms with Gasteiger partial charge in [-0.2, -0.15) is 0 Å². The third kappa shape index (κ3) is 2.89. The van der Waals surface area contributed by atoms with Gasteiger partial charge < -0.3 is 4.74 Å². The topological polar surface area (TPSA) is 29.5 Å². The summed E-state index contributed by atoms with van der Waals surface area (Å²) in [5.74, 6) is 2.46. The Morgan fingerprint density at radius 1 is 1.59 bits per heavy atom. The number of likely N-dealkylation sites (tertiary alicyclic amines) is 1.